The third-order valence-corrected chi connectivity index (χ3v) is 2.48. The Hall–Kier alpha value is -1.75. The Morgan fingerprint density at radius 3 is 2.59 bits per heavy atom. The van der Waals surface area contributed by atoms with E-state index in [1.54, 1.807) is 30.2 Å². The summed E-state index contributed by atoms with van der Waals surface area (Å²) in [4.78, 5) is 3.99. The fourth-order valence-electron chi connectivity index (χ4n) is 1.61. The number of rotatable bonds is 3. The van der Waals surface area contributed by atoms with Gasteiger partial charge in [0.05, 0.1) is 12.0 Å². The summed E-state index contributed by atoms with van der Waals surface area (Å²) in [5.74, 6) is 0. The van der Waals surface area contributed by atoms with E-state index in [1.807, 2.05) is 0 Å². The number of alkyl halides is 2. The van der Waals surface area contributed by atoms with Crippen LogP contribution >= 0.6 is 0 Å². The van der Waals surface area contributed by atoms with Crippen LogP contribution in [0.4, 0.5) is 8.78 Å². The number of imidazole rings is 1. The van der Waals surface area contributed by atoms with Gasteiger partial charge in [-0.25, -0.2) is 13.8 Å². The van der Waals surface area contributed by atoms with E-state index < -0.39 is 12.5 Å². The monoisotopic (exact) mass is 238 g/mol. The molecule has 0 bridgehead atoms. The van der Waals surface area contributed by atoms with Crippen molar-refractivity contribution in [1.29, 1.82) is 0 Å². The van der Waals surface area contributed by atoms with Crippen LogP contribution in [0.2, 0.25) is 0 Å². The molecule has 3 nitrogen and oxygen atoms in total. The van der Waals surface area contributed by atoms with Crippen LogP contribution in [0.5, 0.6) is 0 Å². The molecule has 17 heavy (non-hydrogen) atoms. The molecule has 90 valence electrons. The van der Waals surface area contributed by atoms with Crippen molar-refractivity contribution in [2.75, 3.05) is 0 Å². The highest BCUT2D eigenvalue weighted by atomic mass is 19.3. The van der Waals surface area contributed by atoms with Crippen LogP contribution in [0.15, 0.2) is 36.8 Å². The number of nitrogens with zero attached hydrogens (tertiary/aromatic N) is 2. The Labute approximate surface area is 97.3 Å². The summed E-state index contributed by atoms with van der Waals surface area (Å²) >= 11 is 0. The van der Waals surface area contributed by atoms with E-state index in [0.717, 1.165) is 0 Å². The van der Waals surface area contributed by atoms with E-state index in [4.69, 9.17) is 0 Å². The van der Waals surface area contributed by atoms with Crippen molar-refractivity contribution < 1.29 is 13.9 Å². The third kappa shape index (κ3) is 2.50. The van der Waals surface area contributed by atoms with Crippen LogP contribution in [-0.4, -0.2) is 14.7 Å². The number of aryl methyl sites for hydroxylation is 1. The number of aliphatic hydroxyl groups is 1. The summed E-state index contributed by atoms with van der Waals surface area (Å²) in [6.07, 6.45) is -0.310. The Morgan fingerprint density at radius 1 is 1.29 bits per heavy atom. The standard InChI is InChI=1S/C12H12F2N2O/c1-16-6-10(15-7-16)11(17)8-3-2-4-9(5-8)12(13)14/h2-7,11-12,17H,1H3. The number of aromatic nitrogens is 2. The smallest absolute Gasteiger partial charge is 0.263 e. The molecular weight excluding hydrogens is 226 g/mol. The molecule has 1 atom stereocenters. The van der Waals surface area contributed by atoms with Crippen molar-refractivity contribution >= 4 is 0 Å². The minimum absolute atomic E-state index is 0.0996. The first-order valence-corrected chi connectivity index (χ1v) is 5.12. The molecule has 1 aromatic heterocycles. The van der Waals surface area contributed by atoms with Crippen LogP contribution in [0.1, 0.15) is 29.4 Å². The lowest BCUT2D eigenvalue weighted by atomic mass is 10.0. The topological polar surface area (TPSA) is 38.0 Å². The molecule has 2 rings (SSSR count). The maximum Gasteiger partial charge on any atom is 0.263 e. The Bertz CT molecular complexity index is 511. The van der Waals surface area contributed by atoms with Crippen LogP contribution in [-0.2, 0) is 7.05 Å². The molecule has 5 heteroatoms. The van der Waals surface area contributed by atoms with Gasteiger partial charge in [0.1, 0.15) is 6.10 Å². The molecule has 2 aromatic rings. The van der Waals surface area contributed by atoms with Gasteiger partial charge in [0.15, 0.2) is 0 Å². The molecule has 1 unspecified atom stereocenters. The minimum Gasteiger partial charge on any atom is -0.382 e. The SMILES string of the molecule is Cn1cnc(C(O)c2cccc(C(F)F)c2)c1. The van der Waals surface area contributed by atoms with Gasteiger partial charge < -0.3 is 9.67 Å². The Morgan fingerprint density at radius 2 is 2.00 bits per heavy atom. The zero-order valence-electron chi connectivity index (χ0n) is 9.22. The second kappa shape index (κ2) is 4.63. The lowest BCUT2D eigenvalue weighted by molar-refractivity contribution is 0.150. The fourth-order valence-corrected chi connectivity index (χ4v) is 1.61. The van der Waals surface area contributed by atoms with E-state index in [9.17, 15) is 13.9 Å². The lowest BCUT2D eigenvalue weighted by Gasteiger charge is -2.09. The van der Waals surface area contributed by atoms with E-state index in [2.05, 4.69) is 4.98 Å². The predicted molar refractivity (Wildman–Crippen MR) is 58.7 cm³/mol. The van der Waals surface area contributed by atoms with Gasteiger partial charge in [-0.05, 0) is 11.6 Å². The summed E-state index contributed by atoms with van der Waals surface area (Å²) in [6, 6.07) is 5.73. The number of aliphatic hydroxyl groups excluding tert-OH is 1. The summed E-state index contributed by atoms with van der Waals surface area (Å²) in [6.45, 7) is 0. The first kappa shape index (κ1) is 11.7. The van der Waals surface area contributed by atoms with Gasteiger partial charge in [-0.1, -0.05) is 18.2 Å². The molecular formula is C12H12F2N2O. The highest BCUT2D eigenvalue weighted by molar-refractivity contribution is 5.29. The molecule has 1 heterocycles. The molecule has 1 N–H and O–H groups in total. The highest BCUT2D eigenvalue weighted by Crippen LogP contribution is 2.25. The molecule has 0 aliphatic heterocycles. The molecule has 0 aliphatic rings. The summed E-state index contributed by atoms with van der Waals surface area (Å²) < 4.78 is 26.7. The van der Waals surface area contributed by atoms with Crippen LogP contribution in [0.25, 0.3) is 0 Å². The minimum atomic E-state index is -2.54. The van der Waals surface area contributed by atoms with Crippen LogP contribution in [0, 0.1) is 0 Å². The molecule has 0 spiro atoms. The maximum atomic E-state index is 12.5. The summed E-state index contributed by atoms with van der Waals surface area (Å²) in [5, 5.41) is 9.99. The Balaban J connectivity index is 2.30. The second-order valence-electron chi connectivity index (χ2n) is 3.84. The molecule has 0 radical (unpaired) electrons. The summed E-state index contributed by atoms with van der Waals surface area (Å²) in [7, 11) is 1.78. The second-order valence-corrected chi connectivity index (χ2v) is 3.84. The summed E-state index contributed by atoms with van der Waals surface area (Å²) in [5.41, 5.74) is 0.762. The Kier molecular flexibility index (Phi) is 3.19. The number of hydrogen-bond donors (Lipinski definition) is 1. The maximum absolute atomic E-state index is 12.5. The predicted octanol–water partition coefficient (Wildman–Crippen LogP) is 2.44. The van der Waals surface area contributed by atoms with Gasteiger partial charge in [0, 0.05) is 18.8 Å². The normalized spacial score (nSPS) is 13.0. The van der Waals surface area contributed by atoms with Crippen LogP contribution < -0.4 is 0 Å². The number of hydrogen-bond acceptors (Lipinski definition) is 2. The molecule has 0 amide bonds. The van der Waals surface area contributed by atoms with E-state index in [-0.39, 0.29) is 5.56 Å². The van der Waals surface area contributed by atoms with Gasteiger partial charge in [0.25, 0.3) is 6.43 Å². The zero-order chi connectivity index (χ0) is 12.4. The van der Waals surface area contributed by atoms with Crippen molar-refractivity contribution in [3.05, 3.63) is 53.6 Å². The average Bonchev–Trinajstić information content (AvgIpc) is 2.75. The van der Waals surface area contributed by atoms with Gasteiger partial charge in [-0.3, -0.25) is 0 Å². The molecule has 0 aliphatic carbocycles. The number of benzene rings is 1. The average molecular weight is 238 g/mol. The van der Waals surface area contributed by atoms with Crippen molar-refractivity contribution in [3.8, 4) is 0 Å². The van der Waals surface area contributed by atoms with Gasteiger partial charge in [-0.2, -0.15) is 0 Å². The lowest BCUT2D eigenvalue weighted by Crippen LogP contribution is -2.01. The van der Waals surface area contributed by atoms with Crippen molar-refractivity contribution in [2.24, 2.45) is 7.05 Å². The van der Waals surface area contributed by atoms with E-state index in [1.165, 1.54) is 18.2 Å². The first-order chi connectivity index (χ1) is 8.08. The highest BCUT2D eigenvalue weighted by Gasteiger charge is 2.15. The first-order valence-electron chi connectivity index (χ1n) is 5.12. The van der Waals surface area contributed by atoms with Crippen molar-refractivity contribution in [1.82, 2.24) is 9.55 Å². The molecule has 1 aromatic carbocycles. The fraction of sp³-hybridized carbons (Fsp3) is 0.250. The van der Waals surface area contributed by atoms with Crippen molar-refractivity contribution in [2.45, 2.75) is 12.5 Å². The van der Waals surface area contributed by atoms with Gasteiger partial charge >= 0.3 is 0 Å². The number of halogens is 2. The van der Waals surface area contributed by atoms with Gasteiger partial charge in [0.2, 0.25) is 0 Å². The quantitative estimate of drug-likeness (QED) is 0.891. The van der Waals surface area contributed by atoms with E-state index in [0.29, 0.717) is 11.3 Å². The molecule has 0 saturated heterocycles. The third-order valence-electron chi connectivity index (χ3n) is 2.48. The molecule has 0 fully saturated rings. The molecule has 0 saturated carbocycles. The van der Waals surface area contributed by atoms with Crippen LogP contribution in [0.3, 0.4) is 0 Å². The largest absolute Gasteiger partial charge is 0.382 e. The van der Waals surface area contributed by atoms with Gasteiger partial charge in [-0.15, -0.1) is 0 Å². The van der Waals surface area contributed by atoms with Crippen molar-refractivity contribution in [3.63, 3.8) is 0 Å². The van der Waals surface area contributed by atoms with E-state index >= 15 is 0 Å². The zero-order valence-corrected chi connectivity index (χ0v) is 9.22.